The molecule has 15 heteroatoms. The number of hydrogen-bond donors (Lipinski definition) is 0. The highest BCUT2D eigenvalue weighted by Crippen LogP contribution is 2.23. The standard InChI is InChI=1S/C25H23F3N4O7S/c1-40(33,34)39-24-14-32(31-30-24)12-13-35-15-19-4-7-21(8-5-19)36-16-20-17-37-23(29-20)11-6-18-2-9-22(10-3-18)38-25(26,27)28/h2-11,14,17H,12-13,15-16H2,1H3. The summed E-state index contributed by atoms with van der Waals surface area (Å²) < 4.78 is 85.6. The molecule has 4 aromatic rings. The molecule has 0 aliphatic rings. The van der Waals surface area contributed by atoms with Crippen LogP contribution in [0.5, 0.6) is 17.4 Å². The molecule has 0 amide bonds. The normalized spacial score (nSPS) is 12.1. The summed E-state index contributed by atoms with van der Waals surface area (Å²) in [5.41, 5.74) is 2.11. The number of ether oxygens (including phenoxy) is 3. The van der Waals surface area contributed by atoms with Gasteiger partial charge in [0.1, 0.15) is 30.1 Å². The van der Waals surface area contributed by atoms with Crippen LogP contribution in [0.1, 0.15) is 22.7 Å². The number of alkyl halides is 3. The van der Waals surface area contributed by atoms with Gasteiger partial charge in [-0.25, -0.2) is 9.67 Å². The first kappa shape index (κ1) is 28.6. The largest absolute Gasteiger partial charge is 0.573 e. The van der Waals surface area contributed by atoms with Crippen molar-refractivity contribution in [1.29, 1.82) is 0 Å². The highest BCUT2D eigenvalue weighted by molar-refractivity contribution is 7.86. The number of halogens is 3. The average Bonchev–Trinajstić information content (AvgIpc) is 3.53. The van der Waals surface area contributed by atoms with Gasteiger partial charge in [0.15, 0.2) is 0 Å². The summed E-state index contributed by atoms with van der Waals surface area (Å²) in [7, 11) is -3.66. The molecule has 0 radical (unpaired) electrons. The molecule has 2 heterocycles. The van der Waals surface area contributed by atoms with Crippen LogP contribution in [0.15, 0.2) is 65.4 Å². The van der Waals surface area contributed by atoms with Crippen molar-refractivity contribution >= 4 is 22.3 Å². The fourth-order valence-corrected chi connectivity index (χ4v) is 3.57. The second-order valence-electron chi connectivity index (χ2n) is 8.22. The van der Waals surface area contributed by atoms with Gasteiger partial charge in [-0.2, -0.15) is 8.42 Å². The number of benzene rings is 2. The Balaban J connectivity index is 1.17. The van der Waals surface area contributed by atoms with Gasteiger partial charge >= 0.3 is 16.5 Å². The van der Waals surface area contributed by atoms with E-state index in [0.29, 0.717) is 42.7 Å². The van der Waals surface area contributed by atoms with Gasteiger partial charge in [-0.1, -0.05) is 34.6 Å². The lowest BCUT2D eigenvalue weighted by Gasteiger charge is -2.08. The van der Waals surface area contributed by atoms with Gasteiger partial charge in [0.2, 0.25) is 5.89 Å². The zero-order valence-corrected chi connectivity index (χ0v) is 21.8. The molecule has 0 unspecified atom stereocenters. The first-order valence-electron chi connectivity index (χ1n) is 11.6. The number of hydrogen-bond acceptors (Lipinski definition) is 10. The van der Waals surface area contributed by atoms with Crippen LogP contribution in [-0.4, -0.2) is 47.6 Å². The van der Waals surface area contributed by atoms with E-state index in [1.807, 2.05) is 12.1 Å². The summed E-state index contributed by atoms with van der Waals surface area (Å²) >= 11 is 0. The van der Waals surface area contributed by atoms with E-state index in [9.17, 15) is 21.6 Å². The fraction of sp³-hybridized carbons (Fsp3) is 0.240. The number of aromatic nitrogens is 4. The zero-order chi connectivity index (χ0) is 28.6. The minimum atomic E-state index is -4.74. The predicted octanol–water partition coefficient (Wildman–Crippen LogP) is 4.47. The number of rotatable bonds is 13. The van der Waals surface area contributed by atoms with Crippen molar-refractivity contribution in [3.05, 3.63) is 83.7 Å². The molecule has 0 N–H and O–H groups in total. The van der Waals surface area contributed by atoms with Crippen LogP contribution in [0.3, 0.4) is 0 Å². The lowest BCUT2D eigenvalue weighted by Crippen LogP contribution is -2.16. The number of oxazole rings is 1. The summed E-state index contributed by atoms with van der Waals surface area (Å²) in [4.78, 5) is 4.30. The van der Waals surface area contributed by atoms with Gasteiger partial charge in [0.05, 0.1) is 32.2 Å². The molecule has 0 bridgehead atoms. The summed E-state index contributed by atoms with van der Waals surface area (Å²) in [5.74, 6) is 0.518. The molecule has 11 nitrogen and oxygen atoms in total. The van der Waals surface area contributed by atoms with Crippen molar-refractivity contribution in [1.82, 2.24) is 20.0 Å². The van der Waals surface area contributed by atoms with Crippen LogP contribution in [0, 0.1) is 0 Å². The quantitative estimate of drug-likeness (QED) is 0.165. The number of nitrogens with zero attached hydrogens (tertiary/aromatic N) is 4. The average molecular weight is 581 g/mol. The molecule has 0 atom stereocenters. The Bertz CT molecular complexity index is 1520. The van der Waals surface area contributed by atoms with E-state index in [4.69, 9.17) is 13.9 Å². The lowest BCUT2D eigenvalue weighted by atomic mass is 10.2. The van der Waals surface area contributed by atoms with Gasteiger partial charge < -0.3 is 22.8 Å². The van der Waals surface area contributed by atoms with Crippen LogP contribution >= 0.6 is 0 Å². The third kappa shape index (κ3) is 9.74. The first-order chi connectivity index (χ1) is 19.0. The van der Waals surface area contributed by atoms with Crippen molar-refractivity contribution in [2.24, 2.45) is 0 Å². The second-order valence-corrected chi connectivity index (χ2v) is 9.79. The van der Waals surface area contributed by atoms with Gasteiger partial charge in [-0.3, -0.25) is 0 Å². The molecule has 0 spiro atoms. The van der Waals surface area contributed by atoms with Crippen LogP contribution in [0.2, 0.25) is 0 Å². The minimum absolute atomic E-state index is 0.108. The molecule has 2 aromatic carbocycles. The maximum Gasteiger partial charge on any atom is 0.573 e. The Kier molecular flexibility index (Phi) is 9.06. The highest BCUT2D eigenvalue weighted by Gasteiger charge is 2.30. The monoisotopic (exact) mass is 580 g/mol. The van der Waals surface area contributed by atoms with Crippen molar-refractivity contribution in [2.75, 3.05) is 12.9 Å². The molecule has 2 aromatic heterocycles. The zero-order valence-electron chi connectivity index (χ0n) is 20.9. The second kappa shape index (κ2) is 12.7. The summed E-state index contributed by atoms with van der Waals surface area (Å²) in [6, 6.07) is 12.7. The van der Waals surface area contributed by atoms with E-state index >= 15 is 0 Å². The van der Waals surface area contributed by atoms with Crippen LogP contribution in [0.4, 0.5) is 13.2 Å². The van der Waals surface area contributed by atoms with Crippen molar-refractivity contribution in [3.63, 3.8) is 0 Å². The van der Waals surface area contributed by atoms with E-state index in [0.717, 1.165) is 11.8 Å². The van der Waals surface area contributed by atoms with Crippen molar-refractivity contribution in [2.45, 2.75) is 26.1 Å². The topological polar surface area (TPSA) is 128 Å². The van der Waals surface area contributed by atoms with Gasteiger partial charge in [0, 0.05) is 6.08 Å². The predicted molar refractivity (Wildman–Crippen MR) is 134 cm³/mol. The van der Waals surface area contributed by atoms with E-state index < -0.39 is 16.5 Å². The molecule has 0 aliphatic heterocycles. The molecule has 0 saturated heterocycles. The molecular formula is C25H23F3N4O7S. The molecule has 0 fully saturated rings. The fourth-order valence-electron chi connectivity index (χ4n) is 3.18. The summed E-state index contributed by atoms with van der Waals surface area (Å²) in [5, 5.41) is 7.39. The third-order valence-corrected chi connectivity index (χ3v) is 5.37. The Labute approximate surface area is 226 Å². The van der Waals surface area contributed by atoms with Gasteiger partial charge in [-0.05, 0) is 41.5 Å². The van der Waals surface area contributed by atoms with E-state index in [-0.39, 0.29) is 18.2 Å². The Morgan fingerprint density at radius 2 is 1.73 bits per heavy atom. The summed E-state index contributed by atoms with van der Waals surface area (Å²) in [6.07, 6.45) is 2.23. The maximum atomic E-state index is 12.3. The first-order valence-corrected chi connectivity index (χ1v) is 13.4. The van der Waals surface area contributed by atoms with E-state index in [1.165, 1.54) is 41.4 Å². The minimum Gasteiger partial charge on any atom is -0.487 e. The SMILES string of the molecule is CS(=O)(=O)Oc1cn(CCOCc2ccc(OCc3coc(C=Cc4ccc(OC(F)(F)F)cc4)n3)cc2)nn1. The van der Waals surface area contributed by atoms with E-state index in [1.54, 1.807) is 24.3 Å². The van der Waals surface area contributed by atoms with Crippen LogP contribution < -0.4 is 13.7 Å². The summed E-state index contributed by atoms with van der Waals surface area (Å²) in [6.45, 7) is 1.19. The Morgan fingerprint density at radius 3 is 2.42 bits per heavy atom. The lowest BCUT2D eigenvalue weighted by molar-refractivity contribution is -0.274. The smallest absolute Gasteiger partial charge is 0.487 e. The molecule has 40 heavy (non-hydrogen) atoms. The van der Waals surface area contributed by atoms with Crippen LogP contribution in [-0.2, 0) is 34.6 Å². The molecule has 0 saturated carbocycles. The van der Waals surface area contributed by atoms with Crippen molar-refractivity contribution in [3.8, 4) is 17.4 Å². The molecule has 4 rings (SSSR count). The molecule has 0 aliphatic carbocycles. The Hall–Kier alpha value is -4.37. The maximum absolute atomic E-state index is 12.3. The molecular weight excluding hydrogens is 557 g/mol. The van der Waals surface area contributed by atoms with E-state index in [2.05, 4.69) is 24.2 Å². The van der Waals surface area contributed by atoms with Crippen LogP contribution in [0.25, 0.3) is 12.2 Å². The van der Waals surface area contributed by atoms with Gasteiger partial charge in [0.25, 0.3) is 5.88 Å². The highest BCUT2D eigenvalue weighted by atomic mass is 32.2. The van der Waals surface area contributed by atoms with Gasteiger partial charge in [-0.15, -0.1) is 13.2 Å². The van der Waals surface area contributed by atoms with Crippen molar-refractivity contribution < 1.29 is 44.4 Å². The molecule has 212 valence electrons. The third-order valence-electron chi connectivity index (χ3n) is 4.90. The Morgan fingerprint density at radius 1 is 1.00 bits per heavy atom.